The second kappa shape index (κ2) is 12.4. The van der Waals surface area contributed by atoms with Crippen molar-refractivity contribution in [2.45, 2.75) is 112 Å². The highest BCUT2D eigenvalue weighted by Crippen LogP contribution is 2.54. The zero-order valence-electron chi connectivity index (χ0n) is 25.5. The number of halogens is 1. The van der Waals surface area contributed by atoms with Gasteiger partial charge in [-0.2, -0.15) is 0 Å². The minimum absolute atomic E-state index is 0.0237. The highest BCUT2D eigenvalue weighted by atomic mass is 35.5. The van der Waals surface area contributed by atoms with Gasteiger partial charge >= 0.3 is 0 Å². The summed E-state index contributed by atoms with van der Waals surface area (Å²) in [5.41, 5.74) is 0. The van der Waals surface area contributed by atoms with Crippen LogP contribution in [0.4, 0.5) is 0 Å². The fourth-order valence-electron chi connectivity index (χ4n) is 10.5. The molecule has 0 aromatic rings. The van der Waals surface area contributed by atoms with Gasteiger partial charge in [-0.3, -0.25) is 14.5 Å². The predicted octanol–water partition coefficient (Wildman–Crippen LogP) is 2.49. The lowest BCUT2D eigenvalue weighted by Gasteiger charge is -2.55. The summed E-state index contributed by atoms with van der Waals surface area (Å²) < 4.78 is 18.1. The first-order valence-corrected chi connectivity index (χ1v) is 17.3. The van der Waals surface area contributed by atoms with Gasteiger partial charge in [0.05, 0.1) is 30.3 Å². The summed E-state index contributed by atoms with van der Waals surface area (Å²) in [6, 6.07) is 1.44. The van der Waals surface area contributed by atoms with E-state index in [1.54, 1.807) is 14.2 Å². The summed E-state index contributed by atoms with van der Waals surface area (Å²) in [6.07, 6.45) is 10.4. The number of piperazine rings is 1. The zero-order valence-corrected chi connectivity index (χ0v) is 26.3. The van der Waals surface area contributed by atoms with E-state index < -0.39 is 0 Å². The van der Waals surface area contributed by atoms with E-state index >= 15 is 0 Å². The first kappa shape index (κ1) is 29.7. The number of nitrogens with one attached hydrogen (secondary N) is 1. The molecule has 3 saturated carbocycles. The van der Waals surface area contributed by atoms with Gasteiger partial charge in [-0.1, -0.05) is 6.42 Å². The average Bonchev–Trinajstić information content (AvgIpc) is 3.36. The molecule has 4 heterocycles. The van der Waals surface area contributed by atoms with E-state index in [4.69, 9.17) is 25.8 Å². The summed E-state index contributed by atoms with van der Waals surface area (Å²) >= 11 is 6.44. The Morgan fingerprint density at radius 2 is 1.76 bits per heavy atom. The average molecular weight is 607 g/mol. The van der Waals surface area contributed by atoms with Crippen molar-refractivity contribution in [2.75, 3.05) is 53.6 Å². The van der Waals surface area contributed by atoms with E-state index in [0.29, 0.717) is 41.1 Å². The maximum atomic E-state index is 14.2. The number of piperidine rings is 2. The van der Waals surface area contributed by atoms with Gasteiger partial charge in [-0.15, -0.1) is 11.6 Å². The van der Waals surface area contributed by atoms with E-state index in [1.165, 1.54) is 12.8 Å². The normalized spacial score (nSPS) is 45.7. The minimum atomic E-state index is -0.184. The van der Waals surface area contributed by atoms with Crippen LogP contribution in [0.5, 0.6) is 0 Å². The van der Waals surface area contributed by atoms with E-state index in [-0.39, 0.29) is 48.8 Å². The third kappa shape index (κ3) is 5.22. The molecule has 0 aromatic carbocycles. The van der Waals surface area contributed by atoms with Crippen LogP contribution in [0.3, 0.4) is 0 Å². The Morgan fingerprint density at radius 3 is 2.52 bits per heavy atom. The third-order valence-corrected chi connectivity index (χ3v) is 12.9. The molecule has 7 rings (SSSR count). The smallest absolute Gasteiger partial charge is 0.248 e. The molecular weight excluding hydrogens is 556 g/mol. The van der Waals surface area contributed by atoms with Crippen molar-refractivity contribution >= 4 is 23.4 Å². The van der Waals surface area contributed by atoms with Crippen molar-refractivity contribution in [3.05, 3.63) is 0 Å². The molecule has 4 aliphatic heterocycles. The van der Waals surface area contributed by atoms with Crippen LogP contribution in [0, 0.1) is 23.7 Å². The van der Waals surface area contributed by atoms with Gasteiger partial charge in [-0.25, -0.2) is 0 Å². The van der Waals surface area contributed by atoms with Crippen molar-refractivity contribution < 1.29 is 23.8 Å². The highest BCUT2D eigenvalue weighted by molar-refractivity contribution is 6.20. The molecule has 4 saturated heterocycles. The number of nitrogens with zero attached hydrogens (tertiary/aromatic N) is 3. The van der Waals surface area contributed by atoms with Crippen molar-refractivity contribution in [3.63, 3.8) is 0 Å². The van der Waals surface area contributed by atoms with Gasteiger partial charge in [0, 0.05) is 63.9 Å². The number of carbonyl (C=O) groups is 2. The Balaban J connectivity index is 0.959. The molecule has 10 heteroatoms. The Labute approximate surface area is 256 Å². The van der Waals surface area contributed by atoms with Gasteiger partial charge < -0.3 is 29.3 Å². The van der Waals surface area contributed by atoms with Crippen LogP contribution in [0.1, 0.15) is 64.2 Å². The summed E-state index contributed by atoms with van der Waals surface area (Å²) in [7, 11) is 3.48. The minimum Gasteiger partial charge on any atom is -0.379 e. The summed E-state index contributed by atoms with van der Waals surface area (Å²) in [4.78, 5) is 34.2. The number of hydrogen-bond acceptors (Lipinski definition) is 7. The van der Waals surface area contributed by atoms with Crippen molar-refractivity contribution in [1.82, 2.24) is 20.0 Å². The first-order chi connectivity index (χ1) is 20.5. The lowest BCUT2D eigenvalue weighted by molar-refractivity contribution is -0.175. The number of rotatable bonds is 6. The number of methoxy groups -OCH3 is 2. The maximum Gasteiger partial charge on any atom is 0.248 e. The Bertz CT molecular complexity index is 996. The van der Waals surface area contributed by atoms with Crippen LogP contribution < -0.4 is 5.32 Å². The standard InChI is InChI=1S/C32H51ClN4O5/c1-40-26-9-7-23-28(31(26)41-2)32(39)37-25-8-6-21(17-24(25)22-10-11-34-29(23)30(22)37)42-18-27(38)36-14-12-35(13-15-36)20-5-3-4-19(33)16-20/h19-26,28-31,34H,3-18H2,1-2H3. The summed E-state index contributed by atoms with van der Waals surface area (Å²) in [5, 5.41) is 4.16. The number of carbonyl (C=O) groups excluding carboxylic acids is 2. The van der Waals surface area contributed by atoms with Gasteiger partial charge in [0.15, 0.2) is 0 Å². The van der Waals surface area contributed by atoms with Crippen LogP contribution in [0.25, 0.3) is 0 Å². The summed E-state index contributed by atoms with van der Waals surface area (Å²) in [6.45, 7) is 4.62. The Hall–Kier alpha value is -0.970. The molecule has 9 nitrogen and oxygen atoms in total. The highest BCUT2D eigenvalue weighted by Gasteiger charge is 2.64. The Morgan fingerprint density at radius 1 is 0.929 bits per heavy atom. The topological polar surface area (TPSA) is 83.6 Å². The van der Waals surface area contributed by atoms with Gasteiger partial charge in [-0.05, 0) is 82.1 Å². The van der Waals surface area contributed by atoms with Gasteiger partial charge in [0.1, 0.15) is 6.61 Å². The molecule has 12 unspecified atom stereocenters. The fraction of sp³-hybridized carbons (Fsp3) is 0.938. The molecule has 236 valence electrons. The number of hydrogen-bond donors (Lipinski definition) is 1. The molecule has 7 aliphatic rings. The second-order valence-corrected chi connectivity index (χ2v) is 14.8. The van der Waals surface area contributed by atoms with Gasteiger partial charge in [0.25, 0.3) is 0 Å². The van der Waals surface area contributed by atoms with Crippen molar-refractivity contribution in [1.29, 1.82) is 0 Å². The monoisotopic (exact) mass is 606 g/mol. The van der Waals surface area contributed by atoms with Crippen LogP contribution in [-0.2, 0) is 23.8 Å². The first-order valence-electron chi connectivity index (χ1n) is 16.9. The number of alkyl halides is 1. The molecule has 1 N–H and O–H groups in total. The van der Waals surface area contributed by atoms with E-state index in [9.17, 15) is 9.59 Å². The molecule has 12 atom stereocenters. The Kier molecular flexibility index (Phi) is 8.80. The van der Waals surface area contributed by atoms with Crippen LogP contribution >= 0.6 is 11.6 Å². The van der Waals surface area contributed by atoms with Crippen molar-refractivity contribution in [2.24, 2.45) is 23.7 Å². The SMILES string of the molecule is COC1CCC2C3NCCC4C5CC(OCC(=O)N6CCN(C7CCCC(Cl)C7)CC6)CCC5N(C(=O)C2C1OC)C43. The molecule has 0 spiro atoms. The molecule has 2 amide bonds. The predicted molar refractivity (Wildman–Crippen MR) is 159 cm³/mol. The number of amides is 2. The second-order valence-electron chi connectivity index (χ2n) is 14.2. The molecular formula is C32H51ClN4O5. The van der Waals surface area contributed by atoms with E-state index in [1.807, 2.05) is 4.90 Å². The molecule has 3 aliphatic carbocycles. The van der Waals surface area contributed by atoms with Crippen molar-refractivity contribution in [3.8, 4) is 0 Å². The van der Waals surface area contributed by atoms with E-state index in [2.05, 4.69) is 15.1 Å². The number of ether oxygens (including phenoxy) is 3. The quantitative estimate of drug-likeness (QED) is 0.465. The van der Waals surface area contributed by atoms with Gasteiger partial charge in [0.2, 0.25) is 11.8 Å². The van der Waals surface area contributed by atoms with Crippen LogP contribution in [0.15, 0.2) is 0 Å². The lowest BCUT2D eigenvalue weighted by Crippen LogP contribution is -2.70. The van der Waals surface area contributed by atoms with Crippen LogP contribution in [-0.4, -0.2) is 128 Å². The maximum absolute atomic E-state index is 14.2. The third-order valence-electron chi connectivity index (χ3n) is 12.5. The molecule has 0 bridgehead atoms. The van der Waals surface area contributed by atoms with Crippen LogP contribution in [0.2, 0.25) is 0 Å². The largest absolute Gasteiger partial charge is 0.379 e. The molecule has 0 radical (unpaired) electrons. The molecule has 0 aromatic heterocycles. The molecule has 42 heavy (non-hydrogen) atoms. The van der Waals surface area contributed by atoms with E-state index in [0.717, 1.165) is 84.1 Å². The summed E-state index contributed by atoms with van der Waals surface area (Å²) in [5.74, 6) is 1.54. The number of fused-ring (bicyclic) bond motifs is 5. The lowest BCUT2D eigenvalue weighted by atomic mass is 9.64. The molecule has 7 fully saturated rings. The zero-order chi connectivity index (χ0) is 29.0. The fourth-order valence-corrected chi connectivity index (χ4v) is 10.9.